The van der Waals surface area contributed by atoms with E-state index in [1.165, 1.54) is 4.57 Å². The van der Waals surface area contributed by atoms with Gasteiger partial charge in [-0.15, -0.1) is 0 Å². The molecule has 0 radical (unpaired) electrons. The van der Waals surface area contributed by atoms with Gasteiger partial charge in [0.05, 0.1) is 19.5 Å². The molecule has 1 unspecified atom stereocenters. The van der Waals surface area contributed by atoms with Gasteiger partial charge >= 0.3 is 15.6 Å². The Labute approximate surface area is 212 Å². The van der Waals surface area contributed by atoms with Gasteiger partial charge in [0.2, 0.25) is 0 Å². The maximum Gasteiger partial charge on any atom is 0.470 e. The first-order chi connectivity index (χ1) is 17.7. The minimum atomic E-state index is -5.26. The summed E-state index contributed by atoms with van der Waals surface area (Å²) in [7, 11) is -10.5. The molecule has 0 aliphatic carbocycles. The van der Waals surface area contributed by atoms with Gasteiger partial charge in [-0.1, -0.05) is 0 Å². The highest BCUT2D eigenvalue weighted by Gasteiger charge is 2.54. The first kappa shape index (κ1) is 29.3. The van der Waals surface area contributed by atoms with Crippen molar-refractivity contribution >= 4 is 32.6 Å². The lowest BCUT2D eigenvalue weighted by Gasteiger charge is -2.42. The molecule has 2 aromatic heterocycles. The second kappa shape index (κ2) is 11.0. The Morgan fingerprint density at radius 2 is 1.50 bits per heavy atom. The fraction of sp³-hybridized carbons (Fsp3) is 0.688. The lowest BCUT2D eigenvalue weighted by Crippen LogP contribution is -2.61. The largest absolute Gasteiger partial charge is 0.470 e. The zero-order valence-corrected chi connectivity index (χ0v) is 20.7. The van der Waals surface area contributed by atoms with E-state index in [0.29, 0.717) is 0 Å². The number of hydrogen-bond donors (Lipinski definition) is 9. The van der Waals surface area contributed by atoms with Gasteiger partial charge in [-0.05, 0) is 0 Å². The van der Waals surface area contributed by atoms with Crippen molar-refractivity contribution in [2.75, 3.05) is 18.9 Å². The summed E-state index contributed by atoms with van der Waals surface area (Å²) in [6.45, 7) is -1.75. The van der Waals surface area contributed by atoms with Crippen LogP contribution in [-0.2, 0) is 32.4 Å². The Kier molecular flexibility index (Phi) is 8.51. The highest BCUT2D eigenvalue weighted by Crippen LogP contribution is 2.47. The number of aromatic nitrogens is 4. The molecule has 2 saturated heterocycles. The van der Waals surface area contributed by atoms with Gasteiger partial charge in [0.1, 0.15) is 54.6 Å². The average molecular weight is 589 g/mol. The molecule has 0 aromatic carbocycles. The zero-order chi connectivity index (χ0) is 28.0. The maximum absolute atomic E-state index is 11.8. The molecular weight excluding hydrogens is 564 g/mol. The SMILES string of the molecule is Nc1ncnc2c1ncn2[C@@H]1O[C@H](CO)[C@@H](OC2O[C@H](CO)[C@@H](OP(=O)(O)O)[C@H](O)[C@H]2O)[C@H]1OP(=O)(O)O. The van der Waals surface area contributed by atoms with E-state index < -0.39 is 84.1 Å². The first-order valence-electron chi connectivity index (χ1n) is 10.7. The number of phosphoric acid groups is 2. The Bertz CT molecular complexity index is 1220. The van der Waals surface area contributed by atoms with Crippen molar-refractivity contribution in [1.29, 1.82) is 0 Å². The predicted octanol–water partition coefficient (Wildman–Crippen LogP) is -3.92. The summed E-state index contributed by atoms with van der Waals surface area (Å²) in [6, 6.07) is 0. The van der Waals surface area contributed by atoms with Crippen LogP contribution in [0.3, 0.4) is 0 Å². The summed E-state index contributed by atoms with van der Waals surface area (Å²) in [6.07, 6.45) is -13.4. The van der Waals surface area contributed by atoms with E-state index in [4.69, 9.17) is 34.3 Å². The normalized spacial score (nSPS) is 34.7. The van der Waals surface area contributed by atoms with Crippen LogP contribution in [0.5, 0.6) is 0 Å². The van der Waals surface area contributed by atoms with Crippen molar-refractivity contribution in [1.82, 2.24) is 19.5 Å². The highest BCUT2D eigenvalue weighted by atomic mass is 31.2. The number of aliphatic hydroxyl groups excluding tert-OH is 4. The monoisotopic (exact) mass is 589 g/mol. The van der Waals surface area contributed by atoms with Gasteiger partial charge in [-0.25, -0.2) is 24.1 Å². The van der Waals surface area contributed by atoms with Crippen LogP contribution in [-0.4, -0.2) is 122 Å². The molecule has 4 heterocycles. The quantitative estimate of drug-likeness (QED) is 0.126. The Morgan fingerprint density at radius 1 is 0.895 bits per heavy atom. The van der Waals surface area contributed by atoms with Crippen LogP contribution in [0.25, 0.3) is 11.2 Å². The predicted molar refractivity (Wildman–Crippen MR) is 117 cm³/mol. The molecule has 20 nitrogen and oxygen atoms in total. The standard InChI is InChI=1S/C16H25N5O15P2/c17-13-7-14(19-3-18-13)21(4-20-7)15-12(36-38(29,30)31)11(6(2-23)32-15)34-16-9(25)8(24)10(5(1-22)33-16)35-37(26,27)28/h3-6,8-12,15-16,22-25H,1-2H2,(H2,17,18,19)(H2,26,27,28)(H2,29,30,31)/t5-,6-,8-,9-,10-,11-,12-,15-,16?/m1/s1. The van der Waals surface area contributed by atoms with Gasteiger partial charge in [0.25, 0.3) is 0 Å². The van der Waals surface area contributed by atoms with Crippen molar-refractivity contribution in [3.8, 4) is 0 Å². The van der Waals surface area contributed by atoms with Crippen molar-refractivity contribution in [2.24, 2.45) is 0 Å². The summed E-state index contributed by atoms with van der Waals surface area (Å²) in [4.78, 5) is 49.1. The highest BCUT2D eigenvalue weighted by molar-refractivity contribution is 7.46. The third-order valence-corrected chi connectivity index (χ3v) is 6.79. The Morgan fingerprint density at radius 3 is 2.11 bits per heavy atom. The molecule has 10 N–H and O–H groups in total. The second-order valence-electron chi connectivity index (χ2n) is 8.26. The van der Waals surface area contributed by atoms with E-state index in [9.17, 15) is 39.3 Å². The molecule has 22 heteroatoms. The van der Waals surface area contributed by atoms with E-state index in [2.05, 4.69) is 19.5 Å². The zero-order valence-electron chi connectivity index (χ0n) is 19.0. The number of nitrogens with two attached hydrogens (primary N) is 1. The number of nitrogen functional groups attached to an aromatic ring is 1. The van der Waals surface area contributed by atoms with Crippen LogP contribution in [0, 0.1) is 0 Å². The van der Waals surface area contributed by atoms with E-state index in [0.717, 1.165) is 12.7 Å². The van der Waals surface area contributed by atoms with Gasteiger partial charge in [-0.3, -0.25) is 13.6 Å². The third-order valence-electron chi connectivity index (χ3n) is 5.76. The fourth-order valence-corrected chi connectivity index (χ4v) is 5.30. The molecule has 4 rings (SSSR count). The molecule has 38 heavy (non-hydrogen) atoms. The van der Waals surface area contributed by atoms with Crippen LogP contribution in [0.15, 0.2) is 12.7 Å². The van der Waals surface area contributed by atoms with E-state index in [1.54, 1.807) is 0 Å². The lowest BCUT2D eigenvalue weighted by molar-refractivity contribution is -0.315. The Hall–Kier alpha value is -1.71. The molecule has 0 amide bonds. The summed E-state index contributed by atoms with van der Waals surface area (Å²) in [5.74, 6) is -0.0134. The molecule has 2 aliphatic rings. The number of ether oxygens (including phenoxy) is 3. The number of hydrogen-bond acceptors (Lipinski definition) is 15. The molecule has 2 aromatic rings. The maximum atomic E-state index is 11.8. The topological polar surface area (TPSA) is 312 Å². The molecule has 0 spiro atoms. The smallest absolute Gasteiger partial charge is 0.394 e. The first-order valence-corrected chi connectivity index (χ1v) is 13.7. The molecule has 9 atom stereocenters. The van der Waals surface area contributed by atoms with Gasteiger partial charge < -0.3 is 59.9 Å². The van der Waals surface area contributed by atoms with E-state index in [-0.39, 0.29) is 17.0 Å². The number of fused-ring (bicyclic) bond motifs is 1. The number of imidazole rings is 1. The van der Waals surface area contributed by atoms with Crippen molar-refractivity contribution in [2.45, 2.75) is 55.2 Å². The van der Waals surface area contributed by atoms with Crippen molar-refractivity contribution in [3.05, 3.63) is 12.7 Å². The van der Waals surface area contributed by atoms with Crippen LogP contribution in [0.1, 0.15) is 6.23 Å². The van der Waals surface area contributed by atoms with Gasteiger partial charge in [-0.2, -0.15) is 0 Å². The van der Waals surface area contributed by atoms with Crippen molar-refractivity contribution in [3.63, 3.8) is 0 Å². The van der Waals surface area contributed by atoms with Crippen molar-refractivity contribution < 1.29 is 72.4 Å². The summed E-state index contributed by atoms with van der Waals surface area (Å²) in [5, 5.41) is 40.4. The average Bonchev–Trinajstić information content (AvgIpc) is 3.39. The second-order valence-corrected chi connectivity index (χ2v) is 10.6. The number of anilines is 1. The molecule has 2 fully saturated rings. The number of rotatable bonds is 9. The van der Waals surface area contributed by atoms with Crippen LogP contribution < -0.4 is 5.73 Å². The number of aliphatic hydroxyl groups is 4. The molecule has 0 bridgehead atoms. The molecule has 214 valence electrons. The summed E-state index contributed by atoms with van der Waals surface area (Å²) >= 11 is 0. The van der Waals surface area contributed by atoms with Crippen LogP contribution in [0.2, 0.25) is 0 Å². The summed E-state index contributed by atoms with van der Waals surface area (Å²) < 4.78 is 50.3. The number of phosphoric ester groups is 2. The minimum Gasteiger partial charge on any atom is -0.394 e. The summed E-state index contributed by atoms with van der Waals surface area (Å²) in [5.41, 5.74) is 5.97. The van der Waals surface area contributed by atoms with Gasteiger partial charge in [0.15, 0.2) is 24.0 Å². The molecular formula is C16H25N5O15P2. The minimum absolute atomic E-state index is 0.0134. The van der Waals surface area contributed by atoms with Crippen LogP contribution >= 0.6 is 15.6 Å². The number of nitrogens with zero attached hydrogens (tertiary/aromatic N) is 4. The van der Waals surface area contributed by atoms with E-state index >= 15 is 0 Å². The van der Waals surface area contributed by atoms with Gasteiger partial charge in [0, 0.05) is 0 Å². The fourth-order valence-electron chi connectivity index (χ4n) is 4.18. The third kappa shape index (κ3) is 6.04. The lowest BCUT2D eigenvalue weighted by atomic mass is 9.99. The van der Waals surface area contributed by atoms with Crippen LogP contribution in [0.4, 0.5) is 5.82 Å². The van der Waals surface area contributed by atoms with E-state index in [1.807, 2.05) is 0 Å². The Balaban J connectivity index is 1.66. The molecule has 2 aliphatic heterocycles. The molecule has 0 saturated carbocycles.